The lowest BCUT2D eigenvalue weighted by Crippen LogP contribution is -2.50. The first-order valence-electron chi connectivity index (χ1n) is 6.05. The second kappa shape index (κ2) is 5.73. The normalized spacial score (nSPS) is 18.8. The number of hydrogen-bond donors (Lipinski definition) is 1. The van der Waals surface area contributed by atoms with Crippen molar-refractivity contribution in [3.63, 3.8) is 0 Å². The fourth-order valence-electron chi connectivity index (χ4n) is 1.99. The van der Waals surface area contributed by atoms with Crippen molar-refractivity contribution in [3.8, 4) is 0 Å². The van der Waals surface area contributed by atoms with E-state index in [1.807, 2.05) is 0 Å². The largest absolute Gasteiger partial charge is 0.401 e. The van der Waals surface area contributed by atoms with E-state index in [1.165, 1.54) is 4.90 Å². The van der Waals surface area contributed by atoms with Crippen molar-refractivity contribution in [2.75, 3.05) is 38.5 Å². The highest BCUT2D eigenvalue weighted by Crippen LogP contribution is 2.20. The number of nitrogens with zero attached hydrogens (tertiary/aromatic N) is 4. The van der Waals surface area contributed by atoms with Crippen molar-refractivity contribution < 1.29 is 21.6 Å². The van der Waals surface area contributed by atoms with Crippen LogP contribution in [0.15, 0.2) is 17.3 Å². The maximum absolute atomic E-state index is 12.3. The number of aromatic nitrogens is 2. The van der Waals surface area contributed by atoms with E-state index in [2.05, 4.69) is 9.97 Å². The van der Waals surface area contributed by atoms with Crippen LogP contribution in [0.25, 0.3) is 0 Å². The van der Waals surface area contributed by atoms with Crippen molar-refractivity contribution >= 4 is 16.0 Å². The lowest BCUT2D eigenvalue weighted by molar-refractivity contribution is -0.148. The Morgan fingerprint density at radius 1 is 1.14 bits per heavy atom. The molecule has 0 amide bonds. The summed E-state index contributed by atoms with van der Waals surface area (Å²) in [5, 5.41) is 0. The molecule has 0 saturated carbocycles. The molecular weight excluding hydrogens is 311 g/mol. The van der Waals surface area contributed by atoms with Crippen LogP contribution in [0.3, 0.4) is 0 Å². The number of piperazine rings is 1. The minimum Gasteiger partial charge on any atom is -0.368 e. The monoisotopic (exact) mass is 325 g/mol. The molecule has 1 aromatic rings. The molecule has 118 valence electrons. The SMILES string of the molecule is Nc1ncc(S(=O)(=O)N2CCN(CC(F)(F)F)CC2)cn1. The molecule has 1 aliphatic heterocycles. The summed E-state index contributed by atoms with van der Waals surface area (Å²) in [4.78, 5) is 8.26. The van der Waals surface area contributed by atoms with Crippen molar-refractivity contribution in [2.24, 2.45) is 0 Å². The number of hydrogen-bond acceptors (Lipinski definition) is 6. The van der Waals surface area contributed by atoms with Crippen LogP contribution in [0, 0.1) is 0 Å². The van der Waals surface area contributed by atoms with Crippen LogP contribution in [0.2, 0.25) is 0 Å². The highest BCUT2D eigenvalue weighted by Gasteiger charge is 2.35. The molecule has 21 heavy (non-hydrogen) atoms. The van der Waals surface area contributed by atoms with Crippen molar-refractivity contribution in [3.05, 3.63) is 12.4 Å². The van der Waals surface area contributed by atoms with Gasteiger partial charge >= 0.3 is 6.18 Å². The average molecular weight is 325 g/mol. The predicted molar refractivity (Wildman–Crippen MR) is 67.7 cm³/mol. The first kappa shape index (κ1) is 15.9. The summed E-state index contributed by atoms with van der Waals surface area (Å²) in [5.74, 6) is -0.0519. The summed E-state index contributed by atoms with van der Waals surface area (Å²) >= 11 is 0. The zero-order valence-electron chi connectivity index (χ0n) is 10.9. The molecule has 0 spiro atoms. The first-order valence-corrected chi connectivity index (χ1v) is 7.49. The fraction of sp³-hybridized carbons (Fsp3) is 0.600. The Kier molecular flexibility index (Phi) is 4.35. The fourth-order valence-corrected chi connectivity index (χ4v) is 3.30. The third kappa shape index (κ3) is 4.02. The summed E-state index contributed by atoms with van der Waals surface area (Å²) in [6, 6.07) is 0. The van der Waals surface area contributed by atoms with Gasteiger partial charge in [-0.2, -0.15) is 17.5 Å². The lowest BCUT2D eigenvalue weighted by atomic mass is 10.3. The van der Waals surface area contributed by atoms with Crippen LogP contribution in [-0.4, -0.2) is 66.5 Å². The summed E-state index contributed by atoms with van der Waals surface area (Å²) in [6.07, 6.45) is -2.12. The van der Waals surface area contributed by atoms with Gasteiger partial charge in [-0.25, -0.2) is 18.4 Å². The third-order valence-corrected chi connectivity index (χ3v) is 4.87. The zero-order chi connectivity index (χ0) is 15.7. The van der Waals surface area contributed by atoms with Crippen LogP contribution >= 0.6 is 0 Å². The van der Waals surface area contributed by atoms with Crippen molar-refractivity contribution in [1.82, 2.24) is 19.2 Å². The molecule has 7 nitrogen and oxygen atoms in total. The molecule has 0 bridgehead atoms. The molecule has 2 heterocycles. The second-order valence-corrected chi connectivity index (χ2v) is 6.51. The topological polar surface area (TPSA) is 92.4 Å². The van der Waals surface area contributed by atoms with E-state index in [1.54, 1.807) is 0 Å². The molecular formula is C10H14F3N5O2S. The van der Waals surface area contributed by atoms with Crippen LogP contribution in [0.1, 0.15) is 0 Å². The van der Waals surface area contributed by atoms with Crippen LogP contribution in [0.4, 0.5) is 19.1 Å². The Balaban J connectivity index is 2.03. The van der Waals surface area contributed by atoms with Gasteiger partial charge in [-0.15, -0.1) is 0 Å². The highest BCUT2D eigenvalue weighted by atomic mass is 32.2. The quantitative estimate of drug-likeness (QED) is 0.836. The second-order valence-electron chi connectivity index (χ2n) is 4.57. The van der Waals surface area contributed by atoms with Crippen molar-refractivity contribution in [1.29, 1.82) is 0 Å². The minimum atomic E-state index is -4.29. The summed E-state index contributed by atoms with van der Waals surface area (Å²) in [7, 11) is -3.80. The molecule has 1 saturated heterocycles. The molecule has 1 fully saturated rings. The van der Waals surface area contributed by atoms with Gasteiger partial charge in [-0.1, -0.05) is 0 Å². The molecule has 0 atom stereocenters. The number of halogens is 3. The van der Waals surface area contributed by atoms with E-state index in [0.717, 1.165) is 16.7 Å². The maximum Gasteiger partial charge on any atom is 0.401 e. The third-order valence-electron chi connectivity index (χ3n) is 3.02. The number of alkyl halides is 3. The number of nitrogen functional groups attached to an aromatic ring is 1. The Morgan fingerprint density at radius 2 is 1.67 bits per heavy atom. The predicted octanol–water partition coefficient (Wildman–Crippen LogP) is -0.0726. The van der Waals surface area contributed by atoms with E-state index in [9.17, 15) is 21.6 Å². The molecule has 0 aromatic carbocycles. The van der Waals surface area contributed by atoms with Gasteiger partial charge in [0.2, 0.25) is 16.0 Å². The Hall–Kier alpha value is -1.46. The van der Waals surface area contributed by atoms with Crippen molar-refractivity contribution in [2.45, 2.75) is 11.1 Å². The Morgan fingerprint density at radius 3 is 2.14 bits per heavy atom. The van der Waals surface area contributed by atoms with E-state index in [-0.39, 0.29) is 37.0 Å². The Bertz CT molecular complexity index is 582. The standard InChI is InChI=1S/C10H14F3N5O2S/c11-10(12,13)7-17-1-3-18(4-2-17)21(19,20)8-5-15-9(14)16-6-8/h5-6H,1-4,7H2,(H2,14,15,16). The molecule has 0 aliphatic carbocycles. The van der Waals surface area contributed by atoms with Gasteiger partial charge < -0.3 is 5.73 Å². The van der Waals surface area contributed by atoms with Gasteiger partial charge in [0.15, 0.2) is 0 Å². The average Bonchev–Trinajstić information content (AvgIpc) is 2.38. The summed E-state index contributed by atoms with van der Waals surface area (Å²) < 4.78 is 62.4. The highest BCUT2D eigenvalue weighted by molar-refractivity contribution is 7.89. The zero-order valence-corrected chi connectivity index (χ0v) is 11.7. The minimum absolute atomic E-state index is 0.0111. The molecule has 1 aromatic heterocycles. The van der Waals surface area contributed by atoms with E-state index in [4.69, 9.17) is 5.73 Å². The number of nitrogens with two attached hydrogens (primary N) is 1. The number of rotatable bonds is 3. The Labute approximate surface area is 119 Å². The number of sulfonamides is 1. The molecule has 0 unspecified atom stereocenters. The molecule has 0 radical (unpaired) electrons. The van der Waals surface area contributed by atoms with Gasteiger partial charge in [0.1, 0.15) is 4.90 Å². The smallest absolute Gasteiger partial charge is 0.368 e. The van der Waals surface area contributed by atoms with E-state index < -0.39 is 22.7 Å². The van der Waals surface area contributed by atoms with Gasteiger partial charge in [-0.05, 0) is 0 Å². The first-order chi connectivity index (χ1) is 9.68. The van der Waals surface area contributed by atoms with Crippen LogP contribution in [0.5, 0.6) is 0 Å². The summed E-state index contributed by atoms with van der Waals surface area (Å²) in [5.41, 5.74) is 5.28. The van der Waals surface area contributed by atoms with Crippen LogP contribution < -0.4 is 5.73 Å². The van der Waals surface area contributed by atoms with E-state index >= 15 is 0 Å². The molecule has 11 heteroatoms. The summed E-state index contributed by atoms with van der Waals surface area (Å²) in [6.45, 7) is -1.01. The molecule has 2 rings (SSSR count). The van der Waals surface area contributed by atoms with Gasteiger partial charge in [0.25, 0.3) is 0 Å². The number of anilines is 1. The van der Waals surface area contributed by atoms with E-state index in [0.29, 0.717) is 0 Å². The lowest BCUT2D eigenvalue weighted by Gasteiger charge is -2.34. The van der Waals surface area contributed by atoms with Gasteiger partial charge in [0, 0.05) is 26.2 Å². The van der Waals surface area contributed by atoms with Gasteiger partial charge in [0.05, 0.1) is 18.9 Å². The van der Waals surface area contributed by atoms with Crippen LogP contribution in [-0.2, 0) is 10.0 Å². The molecule has 1 aliphatic rings. The molecule has 2 N–H and O–H groups in total. The van der Waals surface area contributed by atoms with Gasteiger partial charge in [-0.3, -0.25) is 4.90 Å². The maximum atomic E-state index is 12.3.